The van der Waals surface area contributed by atoms with Crippen LogP contribution in [0, 0.1) is 12.7 Å². The molecule has 3 aromatic rings. The normalized spacial score (nSPS) is 10.3. The molecule has 0 saturated heterocycles. The molecule has 0 aliphatic rings. The van der Waals surface area contributed by atoms with Gasteiger partial charge < -0.3 is 10.6 Å². The molecule has 0 aliphatic heterocycles. The van der Waals surface area contributed by atoms with Gasteiger partial charge in [0.25, 0.3) is 11.8 Å². The van der Waals surface area contributed by atoms with Gasteiger partial charge in [-0.25, -0.2) is 4.39 Å². The molecule has 3 aromatic carbocycles. The van der Waals surface area contributed by atoms with Crippen molar-refractivity contribution in [3.05, 3.63) is 101 Å². The lowest BCUT2D eigenvalue weighted by Crippen LogP contribution is -2.23. The van der Waals surface area contributed by atoms with Crippen LogP contribution < -0.4 is 10.6 Å². The van der Waals surface area contributed by atoms with Gasteiger partial charge in [0.1, 0.15) is 5.82 Å². The van der Waals surface area contributed by atoms with E-state index < -0.39 is 0 Å². The van der Waals surface area contributed by atoms with Gasteiger partial charge in [-0.3, -0.25) is 9.59 Å². The Balaban J connectivity index is 1.66. The standard InChI is InChI=1S/C22H19FN2O2/c1-15-4-2-5-16(12-15)14-24-21(26)17-6-3-7-18(13-17)22(27)25-20-10-8-19(23)9-11-20/h2-13H,14H2,1H3,(H,24,26)(H,25,27). The number of rotatable bonds is 5. The number of hydrogen-bond donors (Lipinski definition) is 2. The smallest absolute Gasteiger partial charge is 0.255 e. The molecule has 0 atom stereocenters. The molecule has 0 radical (unpaired) electrons. The summed E-state index contributed by atoms with van der Waals surface area (Å²) in [5.41, 5.74) is 3.36. The van der Waals surface area contributed by atoms with E-state index in [1.165, 1.54) is 30.3 Å². The zero-order valence-corrected chi connectivity index (χ0v) is 14.8. The summed E-state index contributed by atoms with van der Waals surface area (Å²) < 4.78 is 12.9. The summed E-state index contributed by atoms with van der Waals surface area (Å²) in [4.78, 5) is 24.7. The van der Waals surface area contributed by atoms with E-state index in [0.717, 1.165) is 11.1 Å². The summed E-state index contributed by atoms with van der Waals surface area (Å²) in [5.74, 6) is -0.997. The van der Waals surface area contributed by atoms with E-state index in [4.69, 9.17) is 0 Å². The van der Waals surface area contributed by atoms with Gasteiger partial charge >= 0.3 is 0 Å². The summed E-state index contributed by atoms with van der Waals surface area (Å²) in [5, 5.41) is 5.53. The number of halogens is 1. The molecule has 0 fully saturated rings. The number of aryl methyl sites for hydroxylation is 1. The van der Waals surface area contributed by atoms with E-state index in [1.54, 1.807) is 18.2 Å². The van der Waals surface area contributed by atoms with Gasteiger partial charge in [0, 0.05) is 23.4 Å². The average molecular weight is 362 g/mol. The number of amides is 2. The second kappa shape index (κ2) is 8.27. The Hall–Kier alpha value is -3.47. The molecule has 0 unspecified atom stereocenters. The van der Waals surface area contributed by atoms with Gasteiger partial charge in [0.15, 0.2) is 0 Å². The second-order valence-electron chi connectivity index (χ2n) is 6.21. The van der Waals surface area contributed by atoms with Gasteiger partial charge in [0.2, 0.25) is 0 Å². The Morgan fingerprint density at radius 3 is 2.22 bits per heavy atom. The van der Waals surface area contributed by atoms with E-state index in [9.17, 15) is 14.0 Å². The molecule has 3 rings (SSSR count). The highest BCUT2D eigenvalue weighted by molar-refractivity contribution is 6.06. The number of benzene rings is 3. The highest BCUT2D eigenvalue weighted by Crippen LogP contribution is 2.12. The molecule has 0 spiro atoms. The second-order valence-corrected chi connectivity index (χ2v) is 6.21. The third kappa shape index (κ3) is 5.01. The number of nitrogens with one attached hydrogen (secondary N) is 2. The molecule has 2 N–H and O–H groups in total. The quantitative estimate of drug-likeness (QED) is 0.710. The summed E-state index contributed by atoms with van der Waals surface area (Å²) in [6.45, 7) is 2.40. The van der Waals surface area contributed by atoms with E-state index in [-0.39, 0.29) is 17.6 Å². The monoisotopic (exact) mass is 362 g/mol. The molecular weight excluding hydrogens is 343 g/mol. The maximum absolute atomic E-state index is 12.9. The van der Waals surface area contributed by atoms with Crippen LogP contribution in [0.5, 0.6) is 0 Å². The molecule has 4 nitrogen and oxygen atoms in total. The maximum atomic E-state index is 12.9. The van der Waals surface area contributed by atoms with Gasteiger partial charge in [-0.05, 0) is 55.0 Å². The van der Waals surface area contributed by atoms with Crippen LogP contribution in [0.3, 0.4) is 0 Å². The number of anilines is 1. The first kappa shape index (κ1) is 18.3. The highest BCUT2D eigenvalue weighted by Gasteiger charge is 2.11. The summed E-state index contributed by atoms with van der Waals surface area (Å²) in [6.07, 6.45) is 0. The van der Waals surface area contributed by atoms with Crippen LogP contribution in [-0.4, -0.2) is 11.8 Å². The van der Waals surface area contributed by atoms with Crippen molar-refractivity contribution in [2.45, 2.75) is 13.5 Å². The first-order valence-corrected chi connectivity index (χ1v) is 8.52. The number of hydrogen-bond acceptors (Lipinski definition) is 2. The van der Waals surface area contributed by atoms with Crippen LogP contribution in [0.4, 0.5) is 10.1 Å². The van der Waals surface area contributed by atoms with Crippen LogP contribution in [0.15, 0.2) is 72.8 Å². The first-order valence-electron chi connectivity index (χ1n) is 8.52. The van der Waals surface area contributed by atoms with E-state index in [0.29, 0.717) is 23.4 Å². The van der Waals surface area contributed by atoms with Crippen LogP contribution in [0.1, 0.15) is 31.8 Å². The fourth-order valence-electron chi connectivity index (χ4n) is 2.64. The predicted octanol–water partition coefficient (Wildman–Crippen LogP) is 4.32. The fraction of sp³-hybridized carbons (Fsp3) is 0.0909. The molecule has 2 amide bonds. The van der Waals surface area contributed by atoms with E-state index in [2.05, 4.69) is 10.6 Å². The van der Waals surface area contributed by atoms with Gasteiger partial charge in [-0.15, -0.1) is 0 Å². The van der Waals surface area contributed by atoms with Crippen LogP contribution in [0.2, 0.25) is 0 Å². The van der Waals surface area contributed by atoms with Gasteiger partial charge in [-0.2, -0.15) is 0 Å². The SMILES string of the molecule is Cc1cccc(CNC(=O)c2cccc(C(=O)Nc3ccc(F)cc3)c2)c1. The van der Waals surface area contributed by atoms with Crippen LogP contribution in [-0.2, 0) is 6.54 Å². The minimum atomic E-state index is -0.375. The molecule has 27 heavy (non-hydrogen) atoms. The van der Waals surface area contributed by atoms with Crippen molar-refractivity contribution in [3.8, 4) is 0 Å². The molecule has 0 aromatic heterocycles. The fourth-order valence-corrected chi connectivity index (χ4v) is 2.64. The lowest BCUT2D eigenvalue weighted by Gasteiger charge is -2.09. The van der Waals surface area contributed by atoms with Gasteiger partial charge in [0.05, 0.1) is 0 Å². The first-order chi connectivity index (χ1) is 13.0. The molecule has 0 aliphatic carbocycles. The Kier molecular flexibility index (Phi) is 5.61. The summed E-state index contributed by atoms with van der Waals surface area (Å²) in [6, 6.07) is 19.8. The zero-order valence-electron chi connectivity index (χ0n) is 14.8. The third-order valence-electron chi connectivity index (χ3n) is 4.02. The Morgan fingerprint density at radius 1 is 0.852 bits per heavy atom. The minimum Gasteiger partial charge on any atom is -0.348 e. The van der Waals surface area contributed by atoms with Crippen molar-refractivity contribution in [3.63, 3.8) is 0 Å². The third-order valence-corrected chi connectivity index (χ3v) is 4.02. The topological polar surface area (TPSA) is 58.2 Å². The minimum absolute atomic E-state index is 0.257. The van der Waals surface area contributed by atoms with Crippen molar-refractivity contribution in [2.24, 2.45) is 0 Å². The summed E-state index contributed by atoms with van der Waals surface area (Å²) in [7, 11) is 0. The molecule has 0 bridgehead atoms. The molecule has 0 saturated carbocycles. The van der Waals surface area contributed by atoms with E-state index >= 15 is 0 Å². The van der Waals surface area contributed by atoms with E-state index in [1.807, 2.05) is 31.2 Å². The van der Waals surface area contributed by atoms with Crippen LogP contribution in [0.25, 0.3) is 0 Å². The Bertz CT molecular complexity index is 968. The zero-order chi connectivity index (χ0) is 19.2. The van der Waals surface area contributed by atoms with Crippen molar-refractivity contribution < 1.29 is 14.0 Å². The lowest BCUT2D eigenvalue weighted by molar-refractivity contribution is 0.0951. The maximum Gasteiger partial charge on any atom is 0.255 e. The molecule has 0 heterocycles. The predicted molar refractivity (Wildman–Crippen MR) is 103 cm³/mol. The molecule has 5 heteroatoms. The Labute approximate surface area is 157 Å². The summed E-state index contributed by atoms with van der Waals surface area (Å²) >= 11 is 0. The number of carbonyl (C=O) groups excluding carboxylic acids is 2. The largest absolute Gasteiger partial charge is 0.348 e. The van der Waals surface area contributed by atoms with Crippen LogP contribution >= 0.6 is 0 Å². The highest BCUT2D eigenvalue weighted by atomic mass is 19.1. The van der Waals surface area contributed by atoms with Crippen molar-refractivity contribution in [2.75, 3.05) is 5.32 Å². The average Bonchev–Trinajstić information content (AvgIpc) is 2.68. The lowest BCUT2D eigenvalue weighted by atomic mass is 10.1. The van der Waals surface area contributed by atoms with Crippen molar-refractivity contribution >= 4 is 17.5 Å². The number of carbonyl (C=O) groups is 2. The van der Waals surface area contributed by atoms with Gasteiger partial charge in [-0.1, -0.05) is 35.9 Å². The van der Waals surface area contributed by atoms with Crippen molar-refractivity contribution in [1.29, 1.82) is 0 Å². The molecule has 136 valence electrons. The Morgan fingerprint density at radius 2 is 1.52 bits per heavy atom. The van der Waals surface area contributed by atoms with Crippen molar-refractivity contribution in [1.82, 2.24) is 5.32 Å². The molecular formula is C22H19FN2O2.